The summed E-state index contributed by atoms with van der Waals surface area (Å²) in [6, 6.07) is 18.1. The van der Waals surface area contributed by atoms with E-state index in [-0.39, 0.29) is 5.56 Å². The molecule has 0 atom stereocenters. The molecule has 0 amide bonds. The molecule has 0 saturated carbocycles. The van der Waals surface area contributed by atoms with E-state index < -0.39 is 0 Å². The van der Waals surface area contributed by atoms with E-state index in [1.165, 1.54) is 19.3 Å². The Balaban J connectivity index is 1.56. The van der Waals surface area contributed by atoms with Crippen LogP contribution in [0, 0.1) is 11.8 Å². The SMILES string of the molecule is O=c1[nH]c2ccc(C#CCN3CCCCC3)cc2cc1Cc1ccccc1. The van der Waals surface area contributed by atoms with Crippen molar-refractivity contribution in [2.45, 2.75) is 25.7 Å². The lowest BCUT2D eigenvalue weighted by atomic mass is 10.0. The van der Waals surface area contributed by atoms with E-state index >= 15 is 0 Å². The molecule has 3 nitrogen and oxygen atoms in total. The highest BCUT2D eigenvalue weighted by Gasteiger charge is 2.08. The normalized spacial score (nSPS) is 14.7. The third-order valence-corrected chi connectivity index (χ3v) is 5.14. The second kappa shape index (κ2) is 8.24. The Morgan fingerprint density at radius 2 is 1.78 bits per heavy atom. The van der Waals surface area contributed by atoms with Crippen LogP contribution in [-0.4, -0.2) is 29.5 Å². The van der Waals surface area contributed by atoms with Gasteiger partial charge in [-0.3, -0.25) is 9.69 Å². The summed E-state index contributed by atoms with van der Waals surface area (Å²) in [5, 5.41) is 1.03. The van der Waals surface area contributed by atoms with Crippen molar-refractivity contribution in [1.82, 2.24) is 9.88 Å². The van der Waals surface area contributed by atoms with Crippen molar-refractivity contribution in [1.29, 1.82) is 0 Å². The highest BCUT2D eigenvalue weighted by molar-refractivity contribution is 5.80. The van der Waals surface area contributed by atoms with Gasteiger partial charge in [-0.15, -0.1) is 0 Å². The number of piperidine rings is 1. The molecule has 0 bridgehead atoms. The number of hydrogen-bond donors (Lipinski definition) is 1. The minimum Gasteiger partial charge on any atom is -0.322 e. The van der Waals surface area contributed by atoms with E-state index in [0.29, 0.717) is 6.42 Å². The van der Waals surface area contributed by atoms with E-state index in [9.17, 15) is 4.79 Å². The summed E-state index contributed by atoms with van der Waals surface area (Å²) in [5.74, 6) is 6.59. The van der Waals surface area contributed by atoms with E-state index in [4.69, 9.17) is 0 Å². The average Bonchev–Trinajstić information content (AvgIpc) is 2.70. The lowest BCUT2D eigenvalue weighted by molar-refractivity contribution is 0.255. The first-order valence-corrected chi connectivity index (χ1v) is 9.69. The van der Waals surface area contributed by atoms with Crippen LogP contribution >= 0.6 is 0 Å². The summed E-state index contributed by atoms with van der Waals surface area (Å²) in [6.07, 6.45) is 4.56. The van der Waals surface area contributed by atoms with Crippen molar-refractivity contribution in [3.05, 3.63) is 81.6 Å². The molecule has 136 valence electrons. The molecule has 1 fully saturated rings. The van der Waals surface area contributed by atoms with Crippen LogP contribution in [0.3, 0.4) is 0 Å². The van der Waals surface area contributed by atoms with Gasteiger partial charge in [-0.1, -0.05) is 48.6 Å². The van der Waals surface area contributed by atoms with Crippen molar-refractivity contribution in [3.8, 4) is 11.8 Å². The Morgan fingerprint density at radius 1 is 0.963 bits per heavy atom. The van der Waals surface area contributed by atoms with Crippen molar-refractivity contribution >= 4 is 10.9 Å². The van der Waals surface area contributed by atoms with Gasteiger partial charge in [0, 0.05) is 23.1 Å². The Kier molecular flexibility index (Phi) is 5.37. The molecule has 2 aromatic carbocycles. The number of fused-ring (bicyclic) bond motifs is 1. The van der Waals surface area contributed by atoms with Crippen LogP contribution in [0.4, 0.5) is 0 Å². The quantitative estimate of drug-likeness (QED) is 0.721. The minimum absolute atomic E-state index is 0.0183. The standard InChI is InChI=1S/C24H24N2O/c27-24-22(17-19-8-3-1-4-9-19)18-21-16-20(11-12-23(21)25-24)10-7-15-26-13-5-2-6-14-26/h1,3-4,8-9,11-12,16,18H,2,5-6,13-15,17H2,(H,25,27). The Bertz CT molecular complexity index is 1030. The first kappa shape index (κ1) is 17.6. The topological polar surface area (TPSA) is 36.1 Å². The van der Waals surface area contributed by atoms with Gasteiger partial charge in [-0.2, -0.15) is 0 Å². The maximum atomic E-state index is 12.4. The number of nitrogens with zero attached hydrogens (tertiary/aromatic N) is 1. The summed E-state index contributed by atoms with van der Waals surface area (Å²) >= 11 is 0. The van der Waals surface area contributed by atoms with E-state index in [1.54, 1.807) is 0 Å². The third kappa shape index (κ3) is 4.48. The number of H-pyrrole nitrogens is 1. The number of nitrogens with one attached hydrogen (secondary N) is 1. The van der Waals surface area contributed by atoms with Gasteiger partial charge in [0.15, 0.2) is 0 Å². The number of hydrogen-bond acceptors (Lipinski definition) is 2. The highest BCUT2D eigenvalue weighted by atomic mass is 16.1. The second-order valence-electron chi connectivity index (χ2n) is 7.23. The van der Waals surface area contributed by atoms with Gasteiger partial charge >= 0.3 is 0 Å². The summed E-state index contributed by atoms with van der Waals surface area (Å²) in [4.78, 5) is 17.8. The van der Waals surface area contributed by atoms with Crippen LogP contribution in [0.25, 0.3) is 10.9 Å². The monoisotopic (exact) mass is 356 g/mol. The van der Waals surface area contributed by atoms with Crippen LogP contribution in [0.5, 0.6) is 0 Å². The van der Waals surface area contributed by atoms with Gasteiger partial charge in [-0.05, 0) is 61.1 Å². The van der Waals surface area contributed by atoms with Gasteiger partial charge in [0.25, 0.3) is 5.56 Å². The zero-order valence-electron chi connectivity index (χ0n) is 15.5. The van der Waals surface area contributed by atoms with Crippen LogP contribution in [0.2, 0.25) is 0 Å². The van der Waals surface area contributed by atoms with Gasteiger partial charge < -0.3 is 4.98 Å². The zero-order valence-corrected chi connectivity index (χ0v) is 15.5. The molecular weight excluding hydrogens is 332 g/mol. The molecule has 3 aromatic rings. The molecular formula is C24H24N2O. The summed E-state index contributed by atoms with van der Waals surface area (Å²) in [5.41, 5.74) is 3.76. The number of aromatic amines is 1. The number of benzene rings is 2. The first-order chi connectivity index (χ1) is 13.3. The number of aromatic nitrogens is 1. The fourth-order valence-corrected chi connectivity index (χ4v) is 3.65. The van der Waals surface area contributed by atoms with Crippen LogP contribution < -0.4 is 5.56 Å². The maximum Gasteiger partial charge on any atom is 0.251 e. The first-order valence-electron chi connectivity index (χ1n) is 9.69. The van der Waals surface area contributed by atoms with Gasteiger partial charge in [-0.25, -0.2) is 0 Å². The molecule has 1 aromatic heterocycles. The molecule has 0 aliphatic carbocycles. The van der Waals surface area contributed by atoms with Gasteiger partial charge in [0.1, 0.15) is 0 Å². The van der Waals surface area contributed by atoms with Crippen molar-refractivity contribution in [3.63, 3.8) is 0 Å². The summed E-state index contributed by atoms with van der Waals surface area (Å²) in [7, 11) is 0. The van der Waals surface area contributed by atoms with E-state index in [1.807, 2.05) is 48.5 Å². The Hall–Kier alpha value is -2.83. The molecule has 0 unspecified atom stereocenters. The molecule has 0 spiro atoms. The number of pyridine rings is 1. The zero-order chi connectivity index (χ0) is 18.5. The predicted octanol–water partition coefficient (Wildman–Crippen LogP) is 3.96. The Morgan fingerprint density at radius 3 is 2.59 bits per heavy atom. The van der Waals surface area contributed by atoms with Gasteiger partial charge in [0.05, 0.1) is 6.54 Å². The molecule has 27 heavy (non-hydrogen) atoms. The fourth-order valence-electron chi connectivity index (χ4n) is 3.65. The smallest absolute Gasteiger partial charge is 0.251 e. The fraction of sp³-hybridized carbons (Fsp3) is 0.292. The molecule has 0 radical (unpaired) electrons. The lowest BCUT2D eigenvalue weighted by Crippen LogP contribution is -2.29. The number of likely N-dealkylation sites (tertiary alicyclic amines) is 1. The van der Waals surface area contributed by atoms with Crippen LogP contribution in [0.1, 0.15) is 36.0 Å². The summed E-state index contributed by atoms with van der Waals surface area (Å²) < 4.78 is 0. The molecule has 1 aliphatic rings. The maximum absolute atomic E-state index is 12.4. The molecule has 1 saturated heterocycles. The molecule has 3 heteroatoms. The highest BCUT2D eigenvalue weighted by Crippen LogP contribution is 2.15. The van der Waals surface area contributed by atoms with Crippen molar-refractivity contribution in [2.75, 3.05) is 19.6 Å². The van der Waals surface area contributed by atoms with E-state index in [0.717, 1.165) is 47.2 Å². The average molecular weight is 356 g/mol. The van der Waals surface area contributed by atoms with Crippen molar-refractivity contribution < 1.29 is 0 Å². The van der Waals surface area contributed by atoms with E-state index in [2.05, 4.69) is 27.8 Å². The van der Waals surface area contributed by atoms with Crippen LogP contribution in [-0.2, 0) is 6.42 Å². The molecule has 1 N–H and O–H groups in total. The van der Waals surface area contributed by atoms with Crippen molar-refractivity contribution in [2.24, 2.45) is 0 Å². The lowest BCUT2D eigenvalue weighted by Gasteiger charge is -2.23. The minimum atomic E-state index is -0.0183. The van der Waals surface area contributed by atoms with Crippen LogP contribution in [0.15, 0.2) is 59.4 Å². The Labute approximate surface area is 160 Å². The largest absolute Gasteiger partial charge is 0.322 e. The predicted molar refractivity (Wildman–Crippen MR) is 111 cm³/mol. The molecule has 1 aliphatic heterocycles. The van der Waals surface area contributed by atoms with Gasteiger partial charge in [0.2, 0.25) is 0 Å². The molecule has 2 heterocycles. The second-order valence-corrected chi connectivity index (χ2v) is 7.23. The third-order valence-electron chi connectivity index (χ3n) is 5.14. The number of rotatable bonds is 3. The summed E-state index contributed by atoms with van der Waals surface area (Å²) in [6.45, 7) is 3.16. The molecule has 4 rings (SSSR count).